The Labute approximate surface area is 257 Å². The van der Waals surface area contributed by atoms with Crippen LogP contribution in [0.3, 0.4) is 0 Å². The normalized spacial score (nSPS) is 34.1. The molecule has 0 aromatic heterocycles. The number of rotatable bonds is 2. The molecule has 0 nitrogen and oxygen atoms in total. The SMILES string of the molecule is C1=CC2[CH-]C3C4C=CC=CC4C4C=CC=CC4C3C2C=C1.CC([CH]=[Zr+2])c1ccccc1.[C-]1=CC=CC1.[Cl-].[Cl-]. The summed E-state index contributed by atoms with van der Waals surface area (Å²) in [5, 5.41) is 0. The van der Waals surface area contributed by atoms with Crippen LogP contribution in [0.5, 0.6) is 0 Å². The van der Waals surface area contributed by atoms with Gasteiger partial charge in [0.25, 0.3) is 0 Å². The fourth-order valence-electron chi connectivity index (χ4n) is 6.77. The van der Waals surface area contributed by atoms with Crippen molar-refractivity contribution in [1.29, 1.82) is 0 Å². The van der Waals surface area contributed by atoms with Gasteiger partial charge in [0.2, 0.25) is 0 Å². The van der Waals surface area contributed by atoms with Crippen molar-refractivity contribution in [3.8, 4) is 0 Å². The van der Waals surface area contributed by atoms with Gasteiger partial charge in [-0.2, -0.15) is 12.0 Å². The summed E-state index contributed by atoms with van der Waals surface area (Å²) in [6.45, 7) is 2.23. The van der Waals surface area contributed by atoms with Gasteiger partial charge < -0.3 is 31.2 Å². The minimum Gasteiger partial charge on any atom is -1.00 e. The van der Waals surface area contributed by atoms with E-state index in [1.807, 2.05) is 12.2 Å². The molecule has 9 unspecified atom stereocenters. The molecule has 9 atom stereocenters. The number of halogens is 2. The first kappa shape index (κ1) is 31.0. The summed E-state index contributed by atoms with van der Waals surface area (Å²) in [4.78, 5) is 0. The van der Waals surface area contributed by atoms with Crippen LogP contribution in [-0.2, 0) is 24.2 Å². The summed E-state index contributed by atoms with van der Waals surface area (Å²) in [5.41, 5.74) is 1.42. The Balaban J connectivity index is 0.000000198. The molecule has 0 radical (unpaired) electrons. The Kier molecular flexibility index (Phi) is 12.5. The Hall–Kier alpha value is -1.53. The van der Waals surface area contributed by atoms with Gasteiger partial charge in [-0.1, -0.05) is 72.8 Å². The number of fused-ring (bicyclic) bond motifs is 8. The molecule has 0 saturated heterocycles. The van der Waals surface area contributed by atoms with Gasteiger partial charge in [0.05, 0.1) is 0 Å². The van der Waals surface area contributed by atoms with Crippen molar-refractivity contribution in [3.63, 3.8) is 0 Å². The van der Waals surface area contributed by atoms with Crippen LogP contribution in [0.4, 0.5) is 0 Å². The van der Waals surface area contributed by atoms with Crippen molar-refractivity contribution in [1.82, 2.24) is 0 Å². The predicted octanol–water partition coefficient (Wildman–Crippen LogP) is 1.98. The molecule has 0 aliphatic heterocycles. The maximum Gasteiger partial charge on any atom is -0.109 e. The van der Waals surface area contributed by atoms with Gasteiger partial charge in [-0.05, 0) is 29.6 Å². The third kappa shape index (κ3) is 6.96. The van der Waals surface area contributed by atoms with E-state index in [4.69, 9.17) is 0 Å². The molecule has 1 aromatic carbocycles. The van der Waals surface area contributed by atoms with Crippen LogP contribution in [-0.4, -0.2) is 3.71 Å². The van der Waals surface area contributed by atoms with Crippen molar-refractivity contribution < 1.29 is 49.0 Å². The van der Waals surface area contributed by atoms with Gasteiger partial charge in [0, 0.05) is 0 Å². The van der Waals surface area contributed by atoms with Gasteiger partial charge in [-0.3, -0.25) is 6.08 Å². The molecule has 2 saturated carbocycles. The van der Waals surface area contributed by atoms with Crippen LogP contribution in [0.15, 0.2) is 121 Å². The fourth-order valence-corrected chi connectivity index (χ4v) is 7.25. The van der Waals surface area contributed by atoms with Crippen molar-refractivity contribution in [2.24, 2.45) is 47.3 Å². The largest absolute Gasteiger partial charge is 1.00 e. The first-order chi connectivity index (χ1) is 17.8. The molecule has 7 rings (SSSR count). The van der Waals surface area contributed by atoms with E-state index in [1.165, 1.54) is 29.8 Å². The molecule has 0 amide bonds. The first-order valence-electron chi connectivity index (χ1n) is 13.4. The molecule has 1 aromatic rings. The maximum atomic E-state index is 2.99. The van der Waals surface area contributed by atoms with E-state index in [9.17, 15) is 0 Å². The van der Waals surface area contributed by atoms with Crippen LogP contribution < -0.4 is 24.8 Å². The monoisotopic (exact) mass is 616 g/mol. The minimum atomic E-state index is 0. The second-order valence-corrected chi connectivity index (χ2v) is 11.3. The van der Waals surface area contributed by atoms with E-state index >= 15 is 0 Å². The second kappa shape index (κ2) is 15.3. The fraction of sp³-hybridized carbons (Fsp3) is 0.314. The average Bonchev–Trinajstić information content (AvgIpc) is 3.66. The number of hydrogen-bond donors (Lipinski definition) is 0. The van der Waals surface area contributed by atoms with Crippen LogP contribution >= 0.6 is 0 Å². The van der Waals surface area contributed by atoms with Crippen LogP contribution in [0.2, 0.25) is 0 Å². The van der Waals surface area contributed by atoms with Crippen LogP contribution in [0.25, 0.3) is 0 Å². The molecule has 0 spiro atoms. The third-order valence-corrected chi connectivity index (χ3v) is 9.72. The van der Waals surface area contributed by atoms with Gasteiger partial charge >= 0.3 is 76.7 Å². The molecule has 2 fully saturated rings. The third-order valence-electron chi connectivity index (χ3n) is 8.49. The summed E-state index contributed by atoms with van der Waals surface area (Å²) >= 11 is 1.50. The van der Waals surface area contributed by atoms with E-state index in [0.717, 1.165) is 18.3 Å². The van der Waals surface area contributed by atoms with Crippen LogP contribution in [0.1, 0.15) is 24.8 Å². The Morgan fingerprint density at radius 3 is 1.92 bits per heavy atom. The smallest absolute Gasteiger partial charge is 0.109 e. The van der Waals surface area contributed by atoms with E-state index in [-0.39, 0.29) is 24.8 Å². The molecule has 0 bridgehead atoms. The standard InChI is InChI=1S/C21H21.C9H10.C5H5.2ClH.Zr/c1-2-8-15-14(7-1)13-20-18-11-4-3-9-16(18)17-10-5-6-12-19(17)21(15)20;1-8(2)9-6-4-3-5-7-9;1-2-4-5-3-1;;;/h1-21H;1,3-8H,2H3;1-3H,4H2;2*1H;/q-1;;-1;;;+2/p-2. The van der Waals surface area contributed by atoms with Crippen LogP contribution in [0, 0.1) is 59.8 Å². The topological polar surface area (TPSA) is 0 Å². The molecular weight excluding hydrogens is 583 g/mol. The van der Waals surface area contributed by atoms with Crippen molar-refractivity contribution in [2.75, 3.05) is 0 Å². The molecule has 3 heteroatoms. The van der Waals surface area contributed by atoms with Gasteiger partial charge in [0.1, 0.15) is 0 Å². The molecule has 0 N–H and O–H groups in total. The maximum absolute atomic E-state index is 2.99. The average molecular weight is 619 g/mol. The minimum absolute atomic E-state index is 0. The van der Waals surface area contributed by atoms with E-state index in [0.29, 0.717) is 41.4 Å². The zero-order chi connectivity index (χ0) is 24.7. The van der Waals surface area contributed by atoms with Crippen molar-refractivity contribution >= 4 is 3.71 Å². The molecule has 38 heavy (non-hydrogen) atoms. The predicted molar refractivity (Wildman–Crippen MR) is 150 cm³/mol. The number of benzene rings is 1. The first-order valence-corrected chi connectivity index (χ1v) is 14.9. The van der Waals surface area contributed by atoms with Gasteiger partial charge in [0.15, 0.2) is 0 Å². The summed E-state index contributed by atoms with van der Waals surface area (Å²) < 4.78 is 2.29. The quantitative estimate of drug-likeness (QED) is 0.445. The van der Waals surface area contributed by atoms with Gasteiger partial charge in [-0.15, -0.1) is 18.4 Å². The van der Waals surface area contributed by atoms with E-state index in [2.05, 4.69) is 132 Å². The van der Waals surface area contributed by atoms with Gasteiger partial charge in [-0.25, -0.2) is 12.2 Å². The molecular formula is C35H36Cl2Zr-2. The van der Waals surface area contributed by atoms with E-state index in [1.54, 1.807) is 0 Å². The zero-order valence-electron chi connectivity index (χ0n) is 21.9. The summed E-state index contributed by atoms with van der Waals surface area (Å²) in [6.07, 6.45) is 41.0. The van der Waals surface area contributed by atoms with Crippen molar-refractivity contribution in [2.45, 2.75) is 19.3 Å². The second-order valence-electron chi connectivity index (χ2n) is 10.5. The summed E-state index contributed by atoms with van der Waals surface area (Å²) in [7, 11) is 0. The Bertz CT molecular complexity index is 1130. The molecule has 6 aliphatic rings. The molecule has 6 aliphatic carbocycles. The molecule has 0 heterocycles. The van der Waals surface area contributed by atoms with Crippen molar-refractivity contribution in [3.05, 3.63) is 140 Å². The Morgan fingerprint density at radius 2 is 1.34 bits per heavy atom. The Morgan fingerprint density at radius 1 is 0.763 bits per heavy atom. The van der Waals surface area contributed by atoms with E-state index < -0.39 is 0 Å². The summed E-state index contributed by atoms with van der Waals surface area (Å²) in [5.74, 6) is 6.28. The number of allylic oxidation sites excluding steroid dienone is 16. The summed E-state index contributed by atoms with van der Waals surface area (Å²) in [6, 6.07) is 10.6. The molecule has 196 valence electrons. The number of hydrogen-bond acceptors (Lipinski definition) is 0. The zero-order valence-corrected chi connectivity index (χ0v) is 25.8.